The number of amides is 2. The Balaban J connectivity index is 1.37. The van der Waals surface area contributed by atoms with Crippen LogP contribution in [0.15, 0.2) is 16.5 Å². The van der Waals surface area contributed by atoms with Gasteiger partial charge in [-0.3, -0.25) is 9.59 Å². The molecule has 5 heteroatoms. The molecule has 0 unspecified atom stereocenters. The molecule has 0 aliphatic heterocycles. The Labute approximate surface area is 155 Å². The number of likely N-dealkylation sites (N-methyl/N-ethyl adjacent to an activating group) is 1. The van der Waals surface area contributed by atoms with Crippen molar-refractivity contribution in [3.05, 3.63) is 23.7 Å². The van der Waals surface area contributed by atoms with Crippen LogP contribution in [-0.4, -0.2) is 29.8 Å². The van der Waals surface area contributed by atoms with E-state index in [2.05, 4.69) is 5.32 Å². The molecule has 1 aromatic rings. The van der Waals surface area contributed by atoms with E-state index in [1.807, 2.05) is 19.1 Å². The van der Waals surface area contributed by atoms with Gasteiger partial charge < -0.3 is 14.6 Å². The SMILES string of the molecule is Cc1ccc(CN(C)C(=O)[C@H](C)NC(=O)C23CC4CC(CC(C4)C2)C3)o1. The van der Waals surface area contributed by atoms with E-state index in [0.29, 0.717) is 6.54 Å². The van der Waals surface area contributed by atoms with Gasteiger partial charge >= 0.3 is 0 Å². The van der Waals surface area contributed by atoms with Crippen LogP contribution in [0.1, 0.15) is 57.0 Å². The summed E-state index contributed by atoms with van der Waals surface area (Å²) in [4.78, 5) is 27.4. The van der Waals surface area contributed by atoms with E-state index in [9.17, 15) is 9.59 Å². The van der Waals surface area contributed by atoms with E-state index in [4.69, 9.17) is 4.42 Å². The van der Waals surface area contributed by atoms with Crippen LogP contribution in [0.25, 0.3) is 0 Å². The van der Waals surface area contributed by atoms with E-state index < -0.39 is 6.04 Å². The van der Waals surface area contributed by atoms with Crippen LogP contribution in [0.2, 0.25) is 0 Å². The number of aryl methyl sites for hydroxylation is 1. The van der Waals surface area contributed by atoms with Crippen LogP contribution < -0.4 is 5.32 Å². The molecule has 1 N–H and O–H groups in total. The maximum atomic E-state index is 13.1. The molecule has 4 saturated carbocycles. The molecule has 0 spiro atoms. The Morgan fingerprint density at radius 3 is 2.27 bits per heavy atom. The molecule has 0 aromatic carbocycles. The van der Waals surface area contributed by atoms with E-state index in [-0.39, 0.29) is 17.2 Å². The van der Waals surface area contributed by atoms with E-state index in [1.54, 1.807) is 18.9 Å². The van der Waals surface area contributed by atoms with Crippen molar-refractivity contribution in [1.82, 2.24) is 10.2 Å². The van der Waals surface area contributed by atoms with Crippen LogP contribution in [0, 0.1) is 30.1 Å². The van der Waals surface area contributed by atoms with Crippen molar-refractivity contribution >= 4 is 11.8 Å². The lowest BCUT2D eigenvalue weighted by Gasteiger charge is -2.55. The minimum atomic E-state index is -0.503. The molecule has 26 heavy (non-hydrogen) atoms. The average Bonchev–Trinajstić information content (AvgIpc) is 2.97. The molecule has 5 nitrogen and oxygen atoms in total. The van der Waals surface area contributed by atoms with Gasteiger partial charge in [-0.25, -0.2) is 0 Å². The molecule has 4 aliphatic rings. The molecular weight excluding hydrogens is 328 g/mol. The summed E-state index contributed by atoms with van der Waals surface area (Å²) in [6, 6.07) is 3.28. The van der Waals surface area contributed by atoms with Crippen molar-refractivity contribution < 1.29 is 14.0 Å². The number of carbonyl (C=O) groups excluding carboxylic acids is 2. The average molecular weight is 358 g/mol. The van der Waals surface area contributed by atoms with Crippen LogP contribution in [0.4, 0.5) is 0 Å². The molecule has 1 atom stereocenters. The van der Waals surface area contributed by atoms with Gasteiger partial charge in [-0.1, -0.05) is 0 Å². The summed E-state index contributed by atoms with van der Waals surface area (Å²) < 4.78 is 5.55. The van der Waals surface area contributed by atoms with Gasteiger partial charge in [0.05, 0.1) is 6.54 Å². The highest BCUT2D eigenvalue weighted by Gasteiger charge is 2.54. The third-order valence-electron chi connectivity index (χ3n) is 6.80. The van der Waals surface area contributed by atoms with Crippen LogP contribution >= 0.6 is 0 Å². The number of furan rings is 1. The number of hydrogen-bond donors (Lipinski definition) is 1. The lowest BCUT2D eigenvalue weighted by molar-refractivity contribution is -0.149. The summed E-state index contributed by atoms with van der Waals surface area (Å²) >= 11 is 0. The first-order valence-electron chi connectivity index (χ1n) is 9.96. The highest BCUT2D eigenvalue weighted by atomic mass is 16.3. The zero-order valence-corrected chi connectivity index (χ0v) is 16.1. The Hall–Kier alpha value is -1.78. The molecule has 2 amide bonds. The molecule has 1 heterocycles. The molecule has 4 bridgehead atoms. The van der Waals surface area contributed by atoms with Gasteiger partial charge in [-0.05, 0) is 82.3 Å². The summed E-state index contributed by atoms with van der Waals surface area (Å²) in [6.45, 7) is 4.11. The van der Waals surface area contributed by atoms with E-state index in [0.717, 1.165) is 48.5 Å². The molecular formula is C21H30N2O3. The fourth-order valence-electron chi connectivity index (χ4n) is 6.01. The largest absolute Gasteiger partial charge is 0.464 e. The fraction of sp³-hybridized carbons (Fsp3) is 0.714. The molecule has 4 fully saturated rings. The highest BCUT2D eigenvalue weighted by Crippen LogP contribution is 2.60. The van der Waals surface area contributed by atoms with Gasteiger partial charge in [0.15, 0.2) is 0 Å². The van der Waals surface area contributed by atoms with Crippen LogP contribution in [0.3, 0.4) is 0 Å². The maximum absolute atomic E-state index is 13.1. The van der Waals surface area contributed by atoms with Crippen molar-refractivity contribution in [2.45, 2.75) is 65.0 Å². The molecule has 142 valence electrons. The standard InChI is InChI=1S/C21H30N2O3/c1-13-4-5-18(26-13)12-23(3)19(24)14(2)22-20(25)21-9-15-6-16(10-21)8-17(7-15)11-21/h4-5,14-17H,6-12H2,1-3H3,(H,22,25)/t14-,15?,16?,17?,21?/m0/s1. The smallest absolute Gasteiger partial charge is 0.245 e. The molecule has 5 rings (SSSR count). The predicted octanol–water partition coefficient (Wildman–Crippen LogP) is 3.27. The fourth-order valence-corrected chi connectivity index (χ4v) is 6.01. The zero-order valence-electron chi connectivity index (χ0n) is 16.1. The molecule has 4 aliphatic carbocycles. The van der Waals surface area contributed by atoms with Gasteiger partial charge in [0.25, 0.3) is 0 Å². The van der Waals surface area contributed by atoms with Gasteiger partial charge in [-0.15, -0.1) is 0 Å². The van der Waals surface area contributed by atoms with Crippen molar-refractivity contribution in [3.8, 4) is 0 Å². The van der Waals surface area contributed by atoms with Crippen molar-refractivity contribution in [2.75, 3.05) is 7.05 Å². The Morgan fingerprint density at radius 1 is 1.19 bits per heavy atom. The third-order valence-corrected chi connectivity index (χ3v) is 6.80. The van der Waals surface area contributed by atoms with Crippen LogP contribution in [-0.2, 0) is 16.1 Å². The number of nitrogens with zero attached hydrogens (tertiary/aromatic N) is 1. The van der Waals surface area contributed by atoms with Gasteiger partial charge in [0, 0.05) is 12.5 Å². The van der Waals surface area contributed by atoms with Crippen molar-refractivity contribution in [3.63, 3.8) is 0 Å². The van der Waals surface area contributed by atoms with Gasteiger partial charge in [0.2, 0.25) is 11.8 Å². The second-order valence-corrected chi connectivity index (χ2v) is 9.10. The van der Waals surface area contributed by atoms with E-state index >= 15 is 0 Å². The first-order valence-corrected chi connectivity index (χ1v) is 9.96. The number of nitrogens with one attached hydrogen (secondary N) is 1. The quantitative estimate of drug-likeness (QED) is 0.879. The predicted molar refractivity (Wildman–Crippen MR) is 98.1 cm³/mol. The van der Waals surface area contributed by atoms with Gasteiger partial charge in [0.1, 0.15) is 17.6 Å². The monoisotopic (exact) mass is 358 g/mol. The first-order chi connectivity index (χ1) is 12.3. The topological polar surface area (TPSA) is 62.6 Å². The number of hydrogen-bond acceptors (Lipinski definition) is 3. The number of carbonyl (C=O) groups is 2. The van der Waals surface area contributed by atoms with Gasteiger partial charge in [-0.2, -0.15) is 0 Å². The Bertz CT molecular complexity index is 673. The summed E-state index contributed by atoms with van der Waals surface area (Å²) in [5, 5.41) is 3.05. The van der Waals surface area contributed by atoms with Crippen molar-refractivity contribution in [2.24, 2.45) is 23.2 Å². The molecule has 0 saturated heterocycles. The second-order valence-electron chi connectivity index (χ2n) is 9.10. The Kier molecular flexibility index (Phi) is 4.36. The first kappa shape index (κ1) is 17.6. The van der Waals surface area contributed by atoms with Crippen molar-refractivity contribution in [1.29, 1.82) is 0 Å². The third kappa shape index (κ3) is 3.17. The summed E-state index contributed by atoms with van der Waals surface area (Å²) in [7, 11) is 1.76. The maximum Gasteiger partial charge on any atom is 0.245 e. The highest BCUT2D eigenvalue weighted by molar-refractivity contribution is 5.90. The van der Waals surface area contributed by atoms with Crippen LogP contribution in [0.5, 0.6) is 0 Å². The number of rotatable bonds is 5. The Morgan fingerprint density at radius 2 is 1.77 bits per heavy atom. The van der Waals surface area contributed by atoms with E-state index in [1.165, 1.54) is 19.3 Å². The summed E-state index contributed by atoms with van der Waals surface area (Å²) in [6.07, 6.45) is 7.00. The molecule has 0 radical (unpaired) electrons. The second kappa shape index (κ2) is 6.43. The summed E-state index contributed by atoms with van der Waals surface area (Å²) in [5.74, 6) is 3.81. The molecule has 1 aromatic heterocycles. The lowest BCUT2D eigenvalue weighted by atomic mass is 9.49. The zero-order chi connectivity index (χ0) is 18.5. The minimum absolute atomic E-state index is 0.0721. The lowest BCUT2D eigenvalue weighted by Crippen LogP contribution is -2.56. The normalized spacial score (nSPS) is 33.1. The minimum Gasteiger partial charge on any atom is -0.464 e. The summed E-state index contributed by atoms with van der Waals surface area (Å²) in [5.41, 5.74) is -0.208.